The molecule has 0 N–H and O–H groups in total. The Hall–Kier alpha value is -2.50. The van der Waals surface area contributed by atoms with E-state index in [1.807, 2.05) is 6.92 Å². The van der Waals surface area contributed by atoms with Crippen molar-refractivity contribution in [3.8, 4) is 0 Å². The molecule has 0 bridgehead atoms. The summed E-state index contributed by atoms with van der Waals surface area (Å²) in [7, 11) is 0. The number of carbonyl (C=O) groups excluding carboxylic acids is 2. The van der Waals surface area contributed by atoms with Gasteiger partial charge in [-0.2, -0.15) is 0 Å². The van der Waals surface area contributed by atoms with Crippen LogP contribution in [0.4, 0.5) is 5.82 Å². The standard InChI is InChI=1S/C14H15N3O3/c1-2-3-7-16(10-19)13-11(9-18)14(20)17-8-5-4-6-12(17)15-13/h4-6,8-10H,2-3,7H2,1H3. The summed E-state index contributed by atoms with van der Waals surface area (Å²) in [6.07, 6.45) is 4.26. The van der Waals surface area contributed by atoms with Gasteiger partial charge in [0.1, 0.15) is 11.2 Å². The van der Waals surface area contributed by atoms with Crippen molar-refractivity contribution in [2.45, 2.75) is 19.8 Å². The lowest BCUT2D eigenvalue weighted by atomic mass is 10.2. The summed E-state index contributed by atoms with van der Waals surface area (Å²) in [5, 5.41) is 0. The quantitative estimate of drug-likeness (QED) is 0.743. The topological polar surface area (TPSA) is 71.8 Å². The molecule has 2 heterocycles. The summed E-state index contributed by atoms with van der Waals surface area (Å²) in [5.74, 6) is 0.125. The van der Waals surface area contributed by atoms with Crippen LogP contribution < -0.4 is 10.5 Å². The van der Waals surface area contributed by atoms with Crippen molar-refractivity contribution in [3.05, 3.63) is 40.3 Å². The van der Waals surface area contributed by atoms with E-state index in [4.69, 9.17) is 0 Å². The van der Waals surface area contributed by atoms with Crippen LogP contribution in [0.3, 0.4) is 0 Å². The molecule has 0 fully saturated rings. The molecule has 0 atom stereocenters. The lowest BCUT2D eigenvalue weighted by Crippen LogP contribution is -2.30. The second-order valence-electron chi connectivity index (χ2n) is 4.35. The van der Waals surface area contributed by atoms with Gasteiger partial charge in [0.05, 0.1) is 0 Å². The van der Waals surface area contributed by atoms with E-state index in [-0.39, 0.29) is 11.4 Å². The number of nitrogens with zero attached hydrogens (tertiary/aromatic N) is 3. The largest absolute Gasteiger partial charge is 0.299 e. The summed E-state index contributed by atoms with van der Waals surface area (Å²) in [4.78, 5) is 40.2. The van der Waals surface area contributed by atoms with Crippen LogP contribution in [0, 0.1) is 0 Å². The van der Waals surface area contributed by atoms with Gasteiger partial charge in [0.2, 0.25) is 6.41 Å². The smallest absolute Gasteiger partial charge is 0.270 e. The third-order valence-corrected chi connectivity index (χ3v) is 3.02. The fourth-order valence-corrected chi connectivity index (χ4v) is 1.95. The van der Waals surface area contributed by atoms with Crippen LogP contribution in [-0.4, -0.2) is 28.6 Å². The Morgan fingerprint density at radius 3 is 2.80 bits per heavy atom. The Labute approximate surface area is 115 Å². The van der Waals surface area contributed by atoms with Crippen LogP contribution >= 0.6 is 0 Å². The first kappa shape index (κ1) is 13.9. The molecule has 0 saturated carbocycles. The van der Waals surface area contributed by atoms with Gasteiger partial charge in [-0.25, -0.2) is 4.98 Å². The molecule has 0 unspecified atom stereocenters. The number of hydrogen-bond acceptors (Lipinski definition) is 4. The second kappa shape index (κ2) is 6.10. The van der Waals surface area contributed by atoms with E-state index < -0.39 is 5.56 Å². The summed E-state index contributed by atoms with van der Waals surface area (Å²) >= 11 is 0. The zero-order valence-electron chi connectivity index (χ0n) is 11.2. The van der Waals surface area contributed by atoms with Crippen LogP contribution in [0.25, 0.3) is 5.65 Å². The van der Waals surface area contributed by atoms with E-state index >= 15 is 0 Å². The van der Waals surface area contributed by atoms with Crippen LogP contribution in [-0.2, 0) is 4.79 Å². The maximum atomic E-state index is 12.2. The Balaban J connectivity index is 2.64. The highest BCUT2D eigenvalue weighted by molar-refractivity contribution is 5.88. The first-order valence-electron chi connectivity index (χ1n) is 6.41. The van der Waals surface area contributed by atoms with Crippen molar-refractivity contribution in [1.82, 2.24) is 9.38 Å². The molecule has 0 saturated heterocycles. The minimum Gasteiger partial charge on any atom is -0.299 e. The lowest BCUT2D eigenvalue weighted by molar-refractivity contribution is -0.107. The zero-order chi connectivity index (χ0) is 14.5. The minimum atomic E-state index is -0.469. The number of unbranched alkanes of at least 4 members (excludes halogenated alkanes) is 1. The van der Waals surface area contributed by atoms with Gasteiger partial charge in [0.15, 0.2) is 12.1 Å². The predicted molar refractivity (Wildman–Crippen MR) is 75.2 cm³/mol. The number of amides is 1. The monoisotopic (exact) mass is 273 g/mol. The molecule has 0 spiro atoms. The molecule has 2 aromatic heterocycles. The van der Waals surface area contributed by atoms with Gasteiger partial charge in [0, 0.05) is 12.7 Å². The molecular formula is C14H15N3O3. The number of hydrogen-bond donors (Lipinski definition) is 0. The fourth-order valence-electron chi connectivity index (χ4n) is 1.95. The Kier molecular flexibility index (Phi) is 4.24. The molecule has 0 aromatic carbocycles. The van der Waals surface area contributed by atoms with Gasteiger partial charge in [-0.3, -0.25) is 23.7 Å². The molecule has 6 heteroatoms. The summed E-state index contributed by atoms with van der Waals surface area (Å²) in [5.41, 5.74) is -0.165. The van der Waals surface area contributed by atoms with E-state index in [1.165, 1.54) is 9.30 Å². The van der Waals surface area contributed by atoms with E-state index in [9.17, 15) is 14.4 Å². The van der Waals surface area contributed by atoms with Crippen molar-refractivity contribution in [3.63, 3.8) is 0 Å². The number of aldehydes is 1. The predicted octanol–water partition coefficient (Wildman–Crippen LogP) is 1.27. The lowest BCUT2D eigenvalue weighted by Gasteiger charge is -2.17. The zero-order valence-corrected chi connectivity index (χ0v) is 11.2. The molecule has 20 heavy (non-hydrogen) atoms. The fraction of sp³-hybridized carbons (Fsp3) is 0.286. The Morgan fingerprint density at radius 1 is 1.35 bits per heavy atom. The van der Waals surface area contributed by atoms with Crippen LogP contribution in [0.5, 0.6) is 0 Å². The third-order valence-electron chi connectivity index (χ3n) is 3.02. The Morgan fingerprint density at radius 2 is 2.15 bits per heavy atom. The van der Waals surface area contributed by atoms with Crippen LogP contribution in [0.15, 0.2) is 29.2 Å². The van der Waals surface area contributed by atoms with Gasteiger partial charge < -0.3 is 0 Å². The number of carbonyl (C=O) groups is 2. The minimum absolute atomic E-state index is 0.100. The van der Waals surface area contributed by atoms with Crippen LogP contribution in [0.2, 0.25) is 0 Å². The highest BCUT2D eigenvalue weighted by Gasteiger charge is 2.17. The van der Waals surface area contributed by atoms with Gasteiger partial charge in [-0.15, -0.1) is 0 Å². The first-order valence-corrected chi connectivity index (χ1v) is 6.41. The van der Waals surface area contributed by atoms with Crippen molar-refractivity contribution in [1.29, 1.82) is 0 Å². The van der Waals surface area contributed by atoms with E-state index in [2.05, 4.69) is 4.98 Å². The number of aromatic nitrogens is 2. The van der Waals surface area contributed by atoms with Crippen molar-refractivity contribution in [2.24, 2.45) is 0 Å². The molecular weight excluding hydrogens is 258 g/mol. The second-order valence-corrected chi connectivity index (χ2v) is 4.35. The summed E-state index contributed by atoms with van der Waals surface area (Å²) in [6.45, 7) is 2.42. The van der Waals surface area contributed by atoms with Crippen molar-refractivity contribution in [2.75, 3.05) is 11.4 Å². The maximum Gasteiger partial charge on any atom is 0.270 e. The summed E-state index contributed by atoms with van der Waals surface area (Å²) < 4.78 is 1.29. The molecule has 2 aromatic rings. The number of pyridine rings is 1. The Bertz CT molecular complexity index is 694. The van der Waals surface area contributed by atoms with E-state index in [1.54, 1.807) is 24.4 Å². The molecule has 2 rings (SSSR count). The SMILES string of the molecule is CCCCN(C=O)c1nc2ccccn2c(=O)c1C=O. The number of fused-ring (bicyclic) bond motifs is 1. The molecule has 6 nitrogen and oxygen atoms in total. The number of rotatable bonds is 6. The van der Waals surface area contributed by atoms with E-state index in [0.717, 1.165) is 12.8 Å². The van der Waals surface area contributed by atoms with Gasteiger partial charge in [0.25, 0.3) is 5.56 Å². The van der Waals surface area contributed by atoms with Crippen molar-refractivity contribution < 1.29 is 9.59 Å². The average Bonchev–Trinajstić information content (AvgIpc) is 2.48. The number of anilines is 1. The molecule has 0 radical (unpaired) electrons. The normalized spacial score (nSPS) is 10.4. The summed E-state index contributed by atoms with van der Waals surface area (Å²) in [6, 6.07) is 5.07. The van der Waals surface area contributed by atoms with Gasteiger partial charge >= 0.3 is 0 Å². The van der Waals surface area contributed by atoms with Gasteiger partial charge in [-0.1, -0.05) is 19.4 Å². The highest BCUT2D eigenvalue weighted by atomic mass is 16.1. The molecule has 0 aliphatic heterocycles. The van der Waals surface area contributed by atoms with Crippen molar-refractivity contribution >= 4 is 24.2 Å². The molecule has 0 aliphatic rings. The maximum absolute atomic E-state index is 12.2. The molecule has 0 aliphatic carbocycles. The average molecular weight is 273 g/mol. The van der Waals surface area contributed by atoms with Gasteiger partial charge in [-0.05, 0) is 18.6 Å². The first-order chi connectivity index (χ1) is 9.72. The highest BCUT2D eigenvalue weighted by Crippen LogP contribution is 2.14. The third kappa shape index (κ3) is 2.45. The molecule has 104 valence electrons. The van der Waals surface area contributed by atoms with E-state index in [0.29, 0.717) is 24.9 Å². The van der Waals surface area contributed by atoms with Crippen LogP contribution in [0.1, 0.15) is 30.1 Å². The molecule has 1 amide bonds.